The largest absolute Gasteiger partial charge is 0.383 e. The van der Waals surface area contributed by atoms with Crippen molar-refractivity contribution in [1.82, 2.24) is 10.6 Å². The van der Waals surface area contributed by atoms with Gasteiger partial charge < -0.3 is 20.1 Å². The van der Waals surface area contributed by atoms with Gasteiger partial charge in [0.1, 0.15) is 0 Å². The van der Waals surface area contributed by atoms with Crippen LogP contribution in [0.25, 0.3) is 0 Å². The Morgan fingerprint density at radius 2 is 2.38 bits per heavy atom. The monoisotopic (exact) mass is 230 g/mol. The van der Waals surface area contributed by atoms with Crippen LogP contribution in [0.3, 0.4) is 0 Å². The maximum absolute atomic E-state index is 11.5. The molecular formula is C11H22N2O3. The molecule has 1 fully saturated rings. The van der Waals surface area contributed by atoms with Crippen LogP contribution >= 0.6 is 0 Å². The lowest BCUT2D eigenvalue weighted by Gasteiger charge is -2.17. The molecule has 0 radical (unpaired) electrons. The first-order valence-electron chi connectivity index (χ1n) is 5.76. The Hall–Kier alpha value is -0.650. The van der Waals surface area contributed by atoms with Crippen LogP contribution in [-0.4, -0.2) is 51.0 Å². The molecule has 3 atom stereocenters. The molecule has 3 unspecified atom stereocenters. The van der Waals surface area contributed by atoms with Crippen molar-refractivity contribution in [3.8, 4) is 0 Å². The fraction of sp³-hybridized carbons (Fsp3) is 0.909. The number of amides is 1. The molecule has 0 saturated carbocycles. The van der Waals surface area contributed by atoms with Crippen LogP contribution in [0.15, 0.2) is 0 Å². The van der Waals surface area contributed by atoms with Gasteiger partial charge in [-0.15, -0.1) is 0 Å². The first-order chi connectivity index (χ1) is 7.63. The molecule has 0 aromatic carbocycles. The van der Waals surface area contributed by atoms with Crippen molar-refractivity contribution in [2.24, 2.45) is 0 Å². The molecule has 0 spiro atoms. The Morgan fingerprint density at radius 1 is 1.62 bits per heavy atom. The number of carbonyl (C=O) groups excluding carboxylic acids is 1. The second-order valence-corrected chi connectivity index (χ2v) is 4.28. The third-order valence-electron chi connectivity index (χ3n) is 2.73. The first kappa shape index (κ1) is 13.4. The molecule has 5 nitrogen and oxygen atoms in total. The van der Waals surface area contributed by atoms with E-state index in [-0.39, 0.29) is 18.1 Å². The van der Waals surface area contributed by atoms with E-state index in [1.54, 1.807) is 7.11 Å². The Kier molecular flexibility index (Phi) is 5.73. The predicted molar refractivity (Wildman–Crippen MR) is 61.3 cm³/mol. The van der Waals surface area contributed by atoms with Crippen LogP contribution in [0.2, 0.25) is 0 Å². The zero-order chi connectivity index (χ0) is 12.0. The average Bonchev–Trinajstić information content (AvgIpc) is 2.61. The highest BCUT2D eigenvalue weighted by Gasteiger charge is 2.24. The van der Waals surface area contributed by atoms with Gasteiger partial charge in [0.25, 0.3) is 0 Å². The molecule has 1 amide bonds. The van der Waals surface area contributed by atoms with Gasteiger partial charge in [0.2, 0.25) is 5.91 Å². The van der Waals surface area contributed by atoms with E-state index >= 15 is 0 Å². The highest BCUT2D eigenvalue weighted by atomic mass is 16.5. The van der Waals surface area contributed by atoms with Gasteiger partial charge in [-0.3, -0.25) is 4.79 Å². The van der Waals surface area contributed by atoms with Gasteiger partial charge in [-0.2, -0.15) is 0 Å². The summed E-state index contributed by atoms with van der Waals surface area (Å²) >= 11 is 0. The highest BCUT2D eigenvalue weighted by Crippen LogP contribution is 2.11. The molecule has 1 rings (SSSR count). The van der Waals surface area contributed by atoms with E-state index in [1.807, 2.05) is 13.8 Å². The third-order valence-corrected chi connectivity index (χ3v) is 2.73. The summed E-state index contributed by atoms with van der Waals surface area (Å²) in [7, 11) is 1.62. The Bertz CT molecular complexity index is 223. The number of nitrogens with one attached hydrogen (secondary N) is 2. The van der Waals surface area contributed by atoms with Gasteiger partial charge in [0.15, 0.2) is 0 Å². The molecule has 1 saturated heterocycles. The van der Waals surface area contributed by atoms with E-state index in [0.29, 0.717) is 19.2 Å². The maximum Gasteiger partial charge on any atom is 0.234 e. The minimum absolute atomic E-state index is 0.00338. The fourth-order valence-electron chi connectivity index (χ4n) is 1.84. The maximum atomic E-state index is 11.5. The first-order valence-corrected chi connectivity index (χ1v) is 5.76. The Balaban J connectivity index is 2.14. The summed E-state index contributed by atoms with van der Waals surface area (Å²) in [6.07, 6.45) is 1.17. The van der Waals surface area contributed by atoms with Gasteiger partial charge in [0.05, 0.1) is 19.3 Å². The SMILES string of the molecule is COCC(C)NC(=O)CNC1CCOC1C. The summed E-state index contributed by atoms with van der Waals surface area (Å²) in [5.41, 5.74) is 0. The topological polar surface area (TPSA) is 59.6 Å². The van der Waals surface area contributed by atoms with Crippen LogP contribution < -0.4 is 10.6 Å². The minimum Gasteiger partial charge on any atom is -0.383 e. The van der Waals surface area contributed by atoms with Crippen molar-refractivity contribution >= 4 is 5.91 Å². The van der Waals surface area contributed by atoms with E-state index in [9.17, 15) is 4.79 Å². The van der Waals surface area contributed by atoms with Crippen LogP contribution in [0, 0.1) is 0 Å². The Morgan fingerprint density at radius 3 is 2.94 bits per heavy atom. The summed E-state index contributed by atoms with van der Waals surface area (Å²) in [5.74, 6) is 0.00338. The molecular weight excluding hydrogens is 208 g/mol. The van der Waals surface area contributed by atoms with Crippen molar-refractivity contribution < 1.29 is 14.3 Å². The number of ether oxygens (including phenoxy) is 2. The highest BCUT2D eigenvalue weighted by molar-refractivity contribution is 5.78. The number of methoxy groups -OCH3 is 1. The molecule has 0 aromatic heterocycles. The second kappa shape index (κ2) is 6.83. The molecule has 0 bridgehead atoms. The molecule has 1 aliphatic rings. The summed E-state index contributed by atoms with van der Waals surface area (Å²) in [6.45, 7) is 5.60. The van der Waals surface area contributed by atoms with Crippen LogP contribution in [0.5, 0.6) is 0 Å². The van der Waals surface area contributed by atoms with Crippen molar-refractivity contribution in [3.63, 3.8) is 0 Å². The summed E-state index contributed by atoms with van der Waals surface area (Å²) in [4.78, 5) is 11.5. The smallest absolute Gasteiger partial charge is 0.234 e. The van der Waals surface area contributed by atoms with Crippen molar-refractivity contribution in [3.05, 3.63) is 0 Å². The van der Waals surface area contributed by atoms with E-state index in [4.69, 9.17) is 9.47 Å². The van der Waals surface area contributed by atoms with Gasteiger partial charge in [-0.25, -0.2) is 0 Å². The molecule has 16 heavy (non-hydrogen) atoms. The number of hydrogen-bond donors (Lipinski definition) is 2. The molecule has 94 valence electrons. The van der Waals surface area contributed by atoms with Crippen LogP contribution in [0.4, 0.5) is 0 Å². The van der Waals surface area contributed by atoms with E-state index < -0.39 is 0 Å². The van der Waals surface area contributed by atoms with Crippen LogP contribution in [0.1, 0.15) is 20.3 Å². The molecule has 0 aromatic rings. The summed E-state index contributed by atoms with van der Waals surface area (Å²) < 4.78 is 10.3. The zero-order valence-corrected chi connectivity index (χ0v) is 10.3. The fourth-order valence-corrected chi connectivity index (χ4v) is 1.84. The minimum atomic E-state index is 0.00338. The van der Waals surface area contributed by atoms with Crippen molar-refractivity contribution in [1.29, 1.82) is 0 Å². The second-order valence-electron chi connectivity index (χ2n) is 4.28. The van der Waals surface area contributed by atoms with E-state index in [2.05, 4.69) is 10.6 Å². The molecule has 2 N–H and O–H groups in total. The van der Waals surface area contributed by atoms with E-state index in [1.165, 1.54) is 0 Å². The quantitative estimate of drug-likeness (QED) is 0.669. The predicted octanol–water partition coefficient (Wildman–Crippen LogP) is -0.0955. The normalized spacial score (nSPS) is 26.7. The van der Waals surface area contributed by atoms with Gasteiger partial charge in [0, 0.05) is 25.8 Å². The molecule has 5 heteroatoms. The van der Waals surface area contributed by atoms with Crippen molar-refractivity contribution in [2.45, 2.75) is 38.5 Å². The molecule has 0 aliphatic carbocycles. The third kappa shape index (κ3) is 4.47. The number of hydrogen-bond acceptors (Lipinski definition) is 4. The average molecular weight is 230 g/mol. The molecule has 1 heterocycles. The van der Waals surface area contributed by atoms with Crippen molar-refractivity contribution in [2.75, 3.05) is 26.9 Å². The van der Waals surface area contributed by atoms with Gasteiger partial charge >= 0.3 is 0 Å². The summed E-state index contributed by atoms with van der Waals surface area (Å²) in [6, 6.07) is 0.347. The number of carbonyl (C=O) groups is 1. The zero-order valence-electron chi connectivity index (χ0n) is 10.3. The van der Waals surface area contributed by atoms with Gasteiger partial charge in [-0.05, 0) is 20.3 Å². The van der Waals surface area contributed by atoms with Crippen LogP contribution in [-0.2, 0) is 14.3 Å². The Labute approximate surface area is 96.9 Å². The van der Waals surface area contributed by atoms with E-state index in [0.717, 1.165) is 13.0 Å². The lowest BCUT2D eigenvalue weighted by molar-refractivity contribution is -0.121. The lowest BCUT2D eigenvalue weighted by atomic mass is 10.1. The standard InChI is InChI=1S/C11H22N2O3/c1-8(7-15-3)13-11(14)6-12-10-4-5-16-9(10)2/h8-10,12H,4-7H2,1-3H3,(H,13,14). The summed E-state index contributed by atoms with van der Waals surface area (Å²) in [5, 5.41) is 6.05. The van der Waals surface area contributed by atoms with Gasteiger partial charge in [-0.1, -0.05) is 0 Å². The number of rotatable bonds is 6. The lowest BCUT2D eigenvalue weighted by Crippen LogP contribution is -2.45. The molecule has 1 aliphatic heterocycles.